The predicted octanol–water partition coefficient (Wildman–Crippen LogP) is 3.30. The second-order valence-electron chi connectivity index (χ2n) is 7.64. The van der Waals surface area contributed by atoms with Gasteiger partial charge in [0, 0.05) is 12.0 Å². The molecule has 0 radical (unpaired) electrons. The maximum Gasteiger partial charge on any atom is 0.245 e. The van der Waals surface area contributed by atoms with Gasteiger partial charge in [-0.1, -0.05) is 32.9 Å². The van der Waals surface area contributed by atoms with Crippen LogP contribution in [-0.4, -0.2) is 35.9 Å². The third kappa shape index (κ3) is 4.74. The summed E-state index contributed by atoms with van der Waals surface area (Å²) < 4.78 is 5.48. The van der Waals surface area contributed by atoms with Crippen molar-refractivity contribution < 1.29 is 14.3 Å². The Morgan fingerprint density at radius 1 is 1.28 bits per heavy atom. The molecule has 0 bridgehead atoms. The summed E-state index contributed by atoms with van der Waals surface area (Å²) >= 11 is 0. The van der Waals surface area contributed by atoms with Gasteiger partial charge in [-0.3, -0.25) is 9.59 Å². The number of amides is 2. The molecular weight excluding hydrogens is 316 g/mol. The van der Waals surface area contributed by atoms with Crippen molar-refractivity contribution in [3.05, 3.63) is 29.8 Å². The topological polar surface area (TPSA) is 58.6 Å². The molecule has 5 nitrogen and oxygen atoms in total. The van der Waals surface area contributed by atoms with E-state index in [1.807, 2.05) is 56.9 Å². The number of benzene rings is 1. The second kappa shape index (κ2) is 7.89. The molecule has 1 aromatic rings. The van der Waals surface area contributed by atoms with Crippen LogP contribution in [0.1, 0.15) is 59.1 Å². The Hall–Kier alpha value is -2.04. The first-order valence-electron chi connectivity index (χ1n) is 9.08. The Balaban J connectivity index is 2.07. The van der Waals surface area contributed by atoms with Gasteiger partial charge >= 0.3 is 0 Å². The van der Waals surface area contributed by atoms with Crippen molar-refractivity contribution >= 4 is 11.8 Å². The van der Waals surface area contributed by atoms with Gasteiger partial charge in [-0.25, -0.2) is 0 Å². The van der Waals surface area contributed by atoms with Crippen LogP contribution in [0.5, 0.6) is 5.75 Å². The van der Waals surface area contributed by atoms with E-state index in [4.69, 9.17) is 4.74 Å². The van der Waals surface area contributed by atoms with Crippen LogP contribution in [-0.2, 0) is 9.59 Å². The number of likely N-dealkylation sites (tertiary alicyclic amines) is 1. The number of hydrogen-bond donors (Lipinski definition) is 1. The van der Waals surface area contributed by atoms with E-state index in [1.165, 1.54) is 0 Å². The summed E-state index contributed by atoms with van der Waals surface area (Å²) in [4.78, 5) is 26.9. The monoisotopic (exact) mass is 346 g/mol. The van der Waals surface area contributed by atoms with Crippen LogP contribution >= 0.6 is 0 Å². The van der Waals surface area contributed by atoms with Crippen LogP contribution in [0.25, 0.3) is 0 Å². The molecule has 1 fully saturated rings. The number of carbonyl (C=O) groups is 2. The highest BCUT2D eigenvalue weighted by molar-refractivity contribution is 5.89. The molecule has 0 aliphatic carbocycles. The molecular formula is C20H30N2O3. The molecule has 2 unspecified atom stereocenters. The van der Waals surface area contributed by atoms with Crippen LogP contribution < -0.4 is 10.1 Å². The Bertz CT molecular complexity index is 604. The molecule has 25 heavy (non-hydrogen) atoms. The van der Waals surface area contributed by atoms with E-state index in [1.54, 1.807) is 6.92 Å². The minimum Gasteiger partial charge on any atom is -0.494 e. The van der Waals surface area contributed by atoms with Crippen molar-refractivity contribution in [1.82, 2.24) is 10.2 Å². The number of carbonyl (C=O) groups excluding carboxylic acids is 2. The quantitative estimate of drug-likeness (QED) is 0.890. The highest BCUT2D eigenvalue weighted by Crippen LogP contribution is 2.33. The number of nitrogens with zero attached hydrogens (tertiary/aromatic N) is 1. The third-order valence-corrected chi connectivity index (χ3v) is 4.51. The van der Waals surface area contributed by atoms with Crippen LogP contribution in [0.4, 0.5) is 0 Å². The second-order valence-corrected chi connectivity index (χ2v) is 7.64. The third-order valence-electron chi connectivity index (χ3n) is 4.51. The van der Waals surface area contributed by atoms with Gasteiger partial charge < -0.3 is 15.0 Å². The summed E-state index contributed by atoms with van der Waals surface area (Å²) in [6.07, 6.45) is 1.92. The van der Waals surface area contributed by atoms with E-state index in [0.717, 1.165) is 30.7 Å². The van der Waals surface area contributed by atoms with E-state index in [2.05, 4.69) is 5.32 Å². The normalized spacial score (nSPS) is 18.8. The zero-order valence-electron chi connectivity index (χ0n) is 16.0. The fourth-order valence-electron chi connectivity index (χ4n) is 3.05. The Morgan fingerprint density at radius 2 is 1.92 bits per heavy atom. The summed E-state index contributed by atoms with van der Waals surface area (Å²) in [7, 11) is 0. The molecule has 1 aliphatic heterocycles. The summed E-state index contributed by atoms with van der Waals surface area (Å²) in [6, 6.07) is 7.50. The molecule has 0 saturated carbocycles. The molecule has 138 valence electrons. The smallest absolute Gasteiger partial charge is 0.245 e. The molecule has 1 aliphatic rings. The molecule has 1 aromatic carbocycles. The van der Waals surface area contributed by atoms with Crippen LogP contribution in [0.15, 0.2) is 24.3 Å². The van der Waals surface area contributed by atoms with Crippen molar-refractivity contribution in [2.75, 3.05) is 13.2 Å². The molecule has 2 rings (SSSR count). The maximum atomic E-state index is 12.8. The lowest BCUT2D eigenvalue weighted by atomic mass is 9.95. The van der Waals surface area contributed by atoms with Gasteiger partial charge in [0.2, 0.25) is 11.8 Å². The SMILES string of the molecule is CCOc1ccc(C2CCCN2C(=O)C(C)NC(=O)C(C)(C)C)cc1. The first-order chi connectivity index (χ1) is 11.7. The molecule has 1 saturated heterocycles. The van der Waals surface area contributed by atoms with E-state index in [9.17, 15) is 9.59 Å². The van der Waals surface area contributed by atoms with Gasteiger partial charge in [-0.2, -0.15) is 0 Å². The molecule has 0 aromatic heterocycles. The van der Waals surface area contributed by atoms with Gasteiger partial charge in [-0.05, 0) is 44.4 Å². The summed E-state index contributed by atoms with van der Waals surface area (Å²) in [5, 5.41) is 2.84. The first-order valence-corrected chi connectivity index (χ1v) is 9.08. The fourth-order valence-corrected chi connectivity index (χ4v) is 3.05. The van der Waals surface area contributed by atoms with Gasteiger partial charge in [0.05, 0.1) is 12.6 Å². The number of hydrogen-bond acceptors (Lipinski definition) is 3. The molecule has 1 N–H and O–H groups in total. The minimum atomic E-state index is -0.518. The van der Waals surface area contributed by atoms with E-state index in [-0.39, 0.29) is 17.9 Å². The molecule has 2 atom stereocenters. The number of ether oxygens (including phenoxy) is 1. The molecule has 1 heterocycles. The fraction of sp³-hybridized carbons (Fsp3) is 0.600. The van der Waals surface area contributed by atoms with Crippen molar-refractivity contribution in [3.8, 4) is 5.75 Å². The van der Waals surface area contributed by atoms with E-state index < -0.39 is 11.5 Å². The van der Waals surface area contributed by atoms with Crippen molar-refractivity contribution in [2.45, 2.75) is 59.5 Å². The first kappa shape index (κ1) is 19.3. The average molecular weight is 346 g/mol. The van der Waals surface area contributed by atoms with Crippen molar-refractivity contribution in [3.63, 3.8) is 0 Å². The lowest BCUT2D eigenvalue weighted by Crippen LogP contribution is -2.49. The standard InChI is InChI=1S/C20H30N2O3/c1-6-25-16-11-9-15(10-12-16)17-8-7-13-22(17)18(23)14(2)21-19(24)20(3,4)5/h9-12,14,17H,6-8,13H2,1-5H3,(H,21,24). The lowest BCUT2D eigenvalue weighted by Gasteiger charge is -2.29. The minimum absolute atomic E-state index is 0.0195. The molecule has 5 heteroatoms. The van der Waals surface area contributed by atoms with Gasteiger partial charge in [-0.15, -0.1) is 0 Å². The highest BCUT2D eigenvalue weighted by Gasteiger charge is 2.34. The largest absolute Gasteiger partial charge is 0.494 e. The van der Waals surface area contributed by atoms with Crippen molar-refractivity contribution in [1.29, 1.82) is 0 Å². The van der Waals surface area contributed by atoms with Crippen LogP contribution in [0, 0.1) is 5.41 Å². The van der Waals surface area contributed by atoms with Gasteiger partial charge in [0.25, 0.3) is 0 Å². The van der Waals surface area contributed by atoms with E-state index >= 15 is 0 Å². The zero-order chi connectivity index (χ0) is 18.6. The Morgan fingerprint density at radius 3 is 2.48 bits per heavy atom. The Labute approximate surface area is 150 Å². The molecule has 0 spiro atoms. The zero-order valence-corrected chi connectivity index (χ0v) is 16.0. The highest BCUT2D eigenvalue weighted by atomic mass is 16.5. The number of rotatable bonds is 5. The van der Waals surface area contributed by atoms with Gasteiger partial charge in [0.15, 0.2) is 0 Å². The lowest BCUT2D eigenvalue weighted by molar-refractivity contribution is -0.138. The molecule has 2 amide bonds. The van der Waals surface area contributed by atoms with E-state index in [0.29, 0.717) is 6.61 Å². The Kier molecular flexibility index (Phi) is 6.09. The van der Waals surface area contributed by atoms with Crippen molar-refractivity contribution in [2.24, 2.45) is 5.41 Å². The van der Waals surface area contributed by atoms with Crippen LogP contribution in [0.3, 0.4) is 0 Å². The average Bonchev–Trinajstić information content (AvgIpc) is 3.03. The van der Waals surface area contributed by atoms with Gasteiger partial charge in [0.1, 0.15) is 11.8 Å². The van der Waals surface area contributed by atoms with Crippen LogP contribution in [0.2, 0.25) is 0 Å². The number of nitrogens with one attached hydrogen (secondary N) is 1. The summed E-state index contributed by atoms with van der Waals surface area (Å²) in [5.41, 5.74) is 0.609. The maximum absolute atomic E-state index is 12.8. The summed E-state index contributed by atoms with van der Waals surface area (Å²) in [6.45, 7) is 10.6. The predicted molar refractivity (Wildman–Crippen MR) is 98.4 cm³/mol. The summed E-state index contributed by atoms with van der Waals surface area (Å²) in [5.74, 6) is 0.715.